The smallest absolute Gasteiger partial charge is 0.371 e. The third-order valence-electron chi connectivity index (χ3n) is 2.18. The van der Waals surface area contributed by atoms with Crippen molar-refractivity contribution >= 4 is 0 Å². The summed E-state index contributed by atoms with van der Waals surface area (Å²) in [5.74, 6) is 0.512. The van der Waals surface area contributed by atoms with Gasteiger partial charge in [-0.25, -0.2) is 0 Å². The predicted octanol–water partition coefficient (Wildman–Crippen LogP) is 0.456. The monoisotopic (exact) mass is 212 g/mol. The fourth-order valence-corrected chi connectivity index (χ4v) is 1.39. The number of rotatable bonds is 5. The third kappa shape index (κ3) is 4.26. The zero-order valence-electron chi connectivity index (χ0n) is 7.89. The molecule has 84 valence electrons. The molecule has 0 saturated carbocycles. The van der Waals surface area contributed by atoms with Crippen LogP contribution in [0.3, 0.4) is 0 Å². The Morgan fingerprint density at radius 3 is 2.50 bits per heavy atom. The van der Waals surface area contributed by atoms with Gasteiger partial charge in [-0.15, -0.1) is 0 Å². The highest BCUT2D eigenvalue weighted by atomic mass is 19.4. The molecule has 14 heavy (non-hydrogen) atoms. The summed E-state index contributed by atoms with van der Waals surface area (Å²) in [6.07, 6.45) is -4.21. The van der Waals surface area contributed by atoms with Gasteiger partial charge in [0.15, 0.2) is 0 Å². The summed E-state index contributed by atoms with van der Waals surface area (Å²) in [7, 11) is 0. The Morgan fingerprint density at radius 1 is 1.36 bits per heavy atom. The first-order valence-corrected chi connectivity index (χ1v) is 4.58. The molecule has 1 fully saturated rings. The second-order valence-corrected chi connectivity index (χ2v) is 3.53. The van der Waals surface area contributed by atoms with Gasteiger partial charge in [-0.3, -0.25) is 0 Å². The summed E-state index contributed by atoms with van der Waals surface area (Å²) in [6.45, 7) is 1.96. The molecule has 1 aliphatic heterocycles. The first-order chi connectivity index (χ1) is 6.51. The summed E-state index contributed by atoms with van der Waals surface area (Å²) < 4.78 is 39.4. The lowest BCUT2D eigenvalue weighted by atomic mass is 10.0. The number of halogens is 3. The van der Waals surface area contributed by atoms with Crippen molar-refractivity contribution in [3.05, 3.63) is 0 Å². The number of alkyl halides is 3. The maximum atomic E-state index is 11.6. The standard InChI is InChI=1S/C8H15F3N2O/c9-8(10,11)6-14-2-1-13-4-7(3-12)5-13/h7H,1-6,12H2. The molecule has 3 nitrogen and oxygen atoms in total. The van der Waals surface area contributed by atoms with Crippen LogP contribution in [0.1, 0.15) is 0 Å². The largest absolute Gasteiger partial charge is 0.411 e. The molecule has 0 aromatic rings. The molecule has 0 aromatic carbocycles. The van der Waals surface area contributed by atoms with Gasteiger partial charge < -0.3 is 15.4 Å². The molecule has 0 atom stereocenters. The second-order valence-electron chi connectivity index (χ2n) is 3.53. The van der Waals surface area contributed by atoms with Crippen molar-refractivity contribution in [1.82, 2.24) is 4.90 Å². The molecule has 1 aliphatic rings. The van der Waals surface area contributed by atoms with Gasteiger partial charge in [0.25, 0.3) is 0 Å². The molecule has 0 radical (unpaired) electrons. The van der Waals surface area contributed by atoms with Crippen LogP contribution in [0, 0.1) is 5.92 Å². The number of hydrogen-bond acceptors (Lipinski definition) is 3. The Hall–Kier alpha value is -0.330. The van der Waals surface area contributed by atoms with Crippen molar-refractivity contribution in [3.63, 3.8) is 0 Å². The molecule has 0 amide bonds. The average molecular weight is 212 g/mol. The van der Waals surface area contributed by atoms with Crippen molar-refractivity contribution in [2.24, 2.45) is 11.7 Å². The lowest BCUT2D eigenvalue weighted by Crippen LogP contribution is -2.50. The number of hydrogen-bond donors (Lipinski definition) is 1. The van der Waals surface area contributed by atoms with Crippen molar-refractivity contribution in [2.45, 2.75) is 6.18 Å². The van der Waals surface area contributed by atoms with Gasteiger partial charge in [-0.1, -0.05) is 0 Å². The van der Waals surface area contributed by atoms with Crippen molar-refractivity contribution < 1.29 is 17.9 Å². The Morgan fingerprint density at radius 2 is 2.00 bits per heavy atom. The van der Waals surface area contributed by atoms with Gasteiger partial charge in [0, 0.05) is 19.6 Å². The van der Waals surface area contributed by atoms with E-state index in [0.29, 0.717) is 19.0 Å². The van der Waals surface area contributed by atoms with E-state index in [0.717, 1.165) is 13.1 Å². The molecule has 1 rings (SSSR count). The first kappa shape index (κ1) is 11.7. The van der Waals surface area contributed by atoms with E-state index < -0.39 is 12.8 Å². The minimum Gasteiger partial charge on any atom is -0.371 e. The van der Waals surface area contributed by atoms with E-state index in [9.17, 15) is 13.2 Å². The maximum absolute atomic E-state index is 11.6. The van der Waals surface area contributed by atoms with Crippen LogP contribution in [0.4, 0.5) is 13.2 Å². The Labute approximate surface area is 81.0 Å². The van der Waals surface area contributed by atoms with E-state index in [1.54, 1.807) is 0 Å². The SMILES string of the molecule is NCC1CN(CCOCC(F)(F)F)C1. The molecule has 0 spiro atoms. The summed E-state index contributed by atoms with van der Waals surface area (Å²) in [5, 5.41) is 0. The fraction of sp³-hybridized carbons (Fsp3) is 1.00. The van der Waals surface area contributed by atoms with Crippen molar-refractivity contribution in [1.29, 1.82) is 0 Å². The molecule has 0 unspecified atom stereocenters. The lowest BCUT2D eigenvalue weighted by Gasteiger charge is -2.38. The zero-order chi connectivity index (χ0) is 10.6. The number of likely N-dealkylation sites (tertiary alicyclic amines) is 1. The summed E-state index contributed by atoms with van der Waals surface area (Å²) in [6, 6.07) is 0. The second kappa shape index (κ2) is 4.95. The van der Waals surface area contributed by atoms with Crippen LogP contribution >= 0.6 is 0 Å². The average Bonchev–Trinajstić information content (AvgIpc) is 1.98. The minimum atomic E-state index is -4.21. The molecule has 2 N–H and O–H groups in total. The van der Waals surface area contributed by atoms with Gasteiger partial charge in [0.05, 0.1) is 6.61 Å². The zero-order valence-corrected chi connectivity index (χ0v) is 7.89. The Kier molecular flexibility index (Phi) is 4.15. The molecule has 1 saturated heterocycles. The Balaban J connectivity index is 1.91. The van der Waals surface area contributed by atoms with E-state index in [-0.39, 0.29) is 6.61 Å². The van der Waals surface area contributed by atoms with Crippen LogP contribution in [0.2, 0.25) is 0 Å². The normalized spacial score (nSPS) is 19.7. The molecule has 1 heterocycles. The quantitative estimate of drug-likeness (QED) is 0.673. The third-order valence-corrected chi connectivity index (χ3v) is 2.18. The predicted molar refractivity (Wildman–Crippen MR) is 45.9 cm³/mol. The van der Waals surface area contributed by atoms with E-state index >= 15 is 0 Å². The molecule has 0 aliphatic carbocycles. The highest BCUT2D eigenvalue weighted by molar-refractivity contribution is 4.79. The van der Waals surface area contributed by atoms with Gasteiger partial charge >= 0.3 is 6.18 Å². The molecule has 6 heteroatoms. The molecule has 0 aromatic heterocycles. The van der Waals surface area contributed by atoms with Crippen molar-refractivity contribution in [2.75, 3.05) is 39.4 Å². The highest BCUT2D eigenvalue weighted by Gasteiger charge is 2.28. The summed E-state index contributed by atoms with van der Waals surface area (Å²) >= 11 is 0. The van der Waals surface area contributed by atoms with Gasteiger partial charge in [-0.05, 0) is 12.5 Å². The molecular weight excluding hydrogens is 197 g/mol. The lowest BCUT2D eigenvalue weighted by molar-refractivity contribution is -0.175. The van der Waals surface area contributed by atoms with E-state index in [1.165, 1.54) is 0 Å². The van der Waals surface area contributed by atoms with Gasteiger partial charge in [0.1, 0.15) is 6.61 Å². The fourth-order valence-electron chi connectivity index (χ4n) is 1.39. The Bertz CT molecular complexity index is 168. The van der Waals surface area contributed by atoms with Crippen LogP contribution in [0.5, 0.6) is 0 Å². The number of nitrogens with zero attached hydrogens (tertiary/aromatic N) is 1. The van der Waals surface area contributed by atoms with Crippen LogP contribution in [0.15, 0.2) is 0 Å². The highest BCUT2D eigenvalue weighted by Crippen LogP contribution is 2.15. The first-order valence-electron chi connectivity index (χ1n) is 4.58. The van der Waals surface area contributed by atoms with Crippen LogP contribution in [-0.4, -0.2) is 50.5 Å². The topological polar surface area (TPSA) is 38.5 Å². The van der Waals surface area contributed by atoms with Gasteiger partial charge in [-0.2, -0.15) is 13.2 Å². The van der Waals surface area contributed by atoms with E-state index in [2.05, 4.69) is 4.74 Å². The van der Waals surface area contributed by atoms with Crippen LogP contribution < -0.4 is 5.73 Å². The van der Waals surface area contributed by atoms with E-state index in [1.807, 2.05) is 4.90 Å². The van der Waals surface area contributed by atoms with Crippen molar-refractivity contribution in [3.8, 4) is 0 Å². The number of nitrogens with two attached hydrogens (primary N) is 1. The maximum Gasteiger partial charge on any atom is 0.411 e. The minimum absolute atomic E-state index is 0.136. The molecular formula is C8H15F3N2O. The summed E-state index contributed by atoms with van der Waals surface area (Å²) in [5.41, 5.74) is 5.40. The molecule has 0 bridgehead atoms. The number of ether oxygens (including phenoxy) is 1. The van der Waals surface area contributed by atoms with Gasteiger partial charge in [0.2, 0.25) is 0 Å². The summed E-state index contributed by atoms with van der Waals surface area (Å²) in [4.78, 5) is 2.04. The van der Waals surface area contributed by atoms with E-state index in [4.69, 9.17) is 5.73 Å². The van der Waals surface area contributed by atoms with Crippen LogP contribution in [0.25, 0.3) is 0 Å². The van der Waals surface area contributed by atoms with Crippen LogP contribution in [-0.2, 0) is 4.74 Å².